The second-order valence-electron chi connectivity index (χ2n) is 2.91. The van der Waals surface area contributed by atoms with Crippen LogP contribution in [0.25, 0.3) is 0 Å². The molecule has 3 nitrogen and oxygen atoms in total. The van der Waals surface area contributed by atoms with Crippen molar-refractivity contribution >= 4 is 11.6 Å². The van der Waals surface area contributed by atoms with Gasteiger partial charge in [-0.3, -0.25) is 4.98 Å². The number of rotatable bonds is 3. The lowest BCUT2D eigenvalue weighted by Gasteiger charge is -2.14. The first kappa shape index (κ1) is 12.9. The van der Waals surface area contributed by atoms with Gasteiger partial charge in [0.15, 0.2) is 11.5 Å². The maximum atomic E-state index is 12.1. The number of aryl methyl sites for hydroxylation is 1. The van der Waals surface area contributed by atoms with Gasteiger partial charge in [-0.1, -0.05) is 0 Å². The molecule has 1 aromatic heterocycles. The second kappa shape index (κ2) is 4.78. The van der Waals surface area contributed by atoms with E-state index in [4.69, 9.17) is 16.3 Å². The van der Waals surface area contributed by atoms with Crippen molar-refractivity contribution in [2.45, 2.75) is 19.2 Å². The lowest BCUT2D eigenvalue weighted by molar-refractivity contribution is -0.275. The third-order valence-corrected chi connectivity index (χ3v) is 2.01. The normalized spacial score (nSPS) is 11.4. The van der Waals surface area contributed by atoms with Gasteiger partial charge >= 0.3 is 6.36 Å². The van der Waals surface area contributed by atoms with Crippen molar-refractivity contribution < 1.29 is 22.6 Å². The first-order chi connectivity index (χ1) is 7.37. The minimum absolute atomic E-state index is 0.0412. The minimum Gasteiger partial charge on any atom is -0.493 e. The Balaban J connectivity index is 3.16. The maximum Gasteiger partial charge on any atom is 0.573 e. The zero-order chi connectivity index (χ0) is 12.3. The van der Waals surface area contributed by atoms with E-state index in [9.17, 15) is 13.2 Å². The van der Waals surface area contributed by atoms with Crippen LogP contribution in [0.2, 0.25) is 0 Å². The summed E-state index contributed by atoms with van der Waals surface area (Å²) in [5.74, 6) is -0.395. The molecule has 0 saturated heterocycles. The number of hydrogen-bond donors (Lipinski definition) is 0. The van der Waals surface area contributed by atoms with Gasteiger partial charge in [-0.25, -0.2) is 0 Å². The molecule has 0 radical (unpaired) electrons. The Morgan fingerprint density at radius 1 is 1.44 bits per heavy atom. The van der Waals surface area contributed by atoms with Gasteiger partial charge in [0.25, 0.3) is 0 Å². The molecule has 0 aliphatic rings. The Kier molecular flexibility index (Phi) is 3.85. The highest BCUT2D eigenvalue weighted by Gasteiger charge is 2.33. The summed E-state index contributed by atoms with van der Waals surface area (Å²) in [5.41, 5.74) is 0.498. The smallest absolute Gasteiger partial charge is 0.493 e. The van der Waals surface area contributed by atoms with Gasteiger partial charge in [-0.15, -0.1) is 24.8 Å². The molecule has 0 atom stereocenters. The summed E-state index contributed by atoms with van der Waals surface area (Å²) in [7, 11) is 1.25. The first-order valence-corrected chi connectivity index (χ1v) is 4.77. The van der Waals surface area contributed by atoms with E-state index in [1.807, 2.05) is 0 Å². The summed E-state index contributed by atoms with van der Waals surface area (Å²) in [4.78, 5) is 3.85. The third kappa shape index (κ3) is 3.16. The minimum atomic E-state index is -4.78. The van der Waals surface area contributed by atoms with Crippen molar-refractivity contribution in [3.63, 3.8) is 0 Å². The van der Waals surface area contributed by atoms with Crippen LogP contribution in [-0.2, 0) is 5.88 Å². The number of methoxy groups -OCH3 is 1. The fraction of sp³-hybridized carbons (Fsp3) is 0.444. The second-order valence-corrected chi connectivity index (χ2v) is 3.18. The van der Waals surface area contributed by atoms with Crippen LogP contribution in [0.1, 0.15) is 11.4 Å². The van der Waals surface area contributed by atoms with Gasteiger partial charge in [-0.2, -0.15) is 0 Å². The van der Waals surface area contributed by atoms with E-state index in [0.717, 1.165) is 0 Å². The number of ether oxygens (including phenoxy) is 2. The van der Waals surface area contributed by atoms with E-state index in [2.05, 4.69) is 9.72 Å². The molecular formula is C9H9ClF3NO2. The number of hydrogen-bond acceptors (Lipinski definition) is 3. The molecule has 1 rings (SSSR count). The Labute approximate surface area is 95.1 Å². The largest absolute Gasteiger partial charge is 0.573 e. The van der Waals surface area contributed by atoms with E-state index in [1.54, 1.807) is 0 Å². The van der Waals surface area contributed by atoms with Gasteiger partial charge in [0, 0.05) is 6.07 Å². The van der Waals surface area contributed by atoms with Crippen LogP contribution in [0.15, 0.2) is 6.07 Å². The summed E-state index contributed by atoms with van der Waals surface area (Å²) >= 11 is 5.53. The third-order valence-electron chi connectivity index (χ3n) is 1.74. The summed E-state index contributed by atoms with van der Waals surface area (Å²) in [6.45, 7) is 1.39. The van der Waals surface area contributed by atoms with E-state index in [0.29, 0.717) is 5.69 Å². The summed E-state index contributed by atoms with van der Waals surface area (Å²) in [6.07, 6.45) is -4.78. The lowest BCUT2D eigenvalue weighted by atomic mass is 10.3. The monoisotopic (exact) mass is 255 g/mol. The summed E-state index contributed by atoms with van der Waals surface area (Å²) in [5, 5.41) is 0. The van der Waals surface area contributed by atoms with Gasteiger partial charge in [0.2, 0.25) is 0 Å². The van der Waals surface area contributed by atoms with Crippen molar-refractivity contribution in [2.24, 2.45) is 0 Å². The fourth-order valence-corrected chi connectivity index (χ4v) is 1.29. The maximum absolute atomic E-state index is 12.1. The molecule has 0 bridgehead atoms. The molecule has 7 heteroatoms. The first-order valence-electron chi connectivity index (χ1n) is 4.23. The van der Waals surface area contributed by atoms with Crippen molar-refractivity contribution in [2.75, 3.05) is 7.11 Å². The van der Waals surface area contributed by atoms with Crippen LogP contribution in [0.5, 0.6) is 11.5 Å². The Morgan fingerprint density at radius 3 is 2.50 bits per heavy atom. The molecule has 0 N–H and O–H groups in total. The molecule has 0 aliphatic heterocycles. The fourth-order valence-electron chi connectivity index (χ4n) is 1.15. The van der Waals surface area contributed by atoms with E-state index >= 15 is 0 Å². The van der Waals surface area contributed by atoms with Crippen LogP contribution < -0.4 is 9.47 Å². The quantitative estimate of drug-likeness (QED) is 0.778. The van der Waals surface area contributed by atoms with Crippen LogP contribution >= 0.6 is 11.6 Å². The average Bonchev–Trinajstić information content (AvgIpc) is 2.19. The summed E-state index contributed by atoms with van der Waals surface area (Å²) < 4.78 is 44.9. The van der Waals surface area contributed by atoms with Crippen LogP contribution in [0.3, 0.4) is 0 Å². The highest BCUT2D eigenvalue weighted by molar-refractivity contribution is 6.16. The van der Waals surface area contributed by atoms with Crippen molar-refractivity contribution in [1.82, 2.24) is 4.98 Å². The predicted octanol–water partition coefficient (Wildman–Crippen LogP) is 3.04. The molecule has 0 unspecified atom stereocenters. The van der Waals surface area contributed by atoms with Crippen molar-refractivity contribution in [3.8, 4) is 11.5 Å². The van der Waals surface area contributed by atoms with E-state index in [-0.39, 0.29) is 17.3 Å². The Morgan fingerprint density at radius 2 is 2.06 bits per heavy atom. The van der Waals surface area contributed by atoms with Crippen LogP contribution in [-0.4, -0.2) is 18.5 Å². The van der Waals surface area contributed by atoms with Crippen LogP contribution in [0.4, 0.5) is 13.2 Å². The molecule has 0 saturated carbocycles. The van der Waals surface area contributed by atoms with E-state index in [1.165, 1.54) is 20.1 Å². The van der Waals surface area contributed by atoms with Gasteiger partial charge in [0.1, 0.15) is 0 Å². The highest BCUT2D eigenvalue weighted by atomic mass is 35.5. The number of halogens is 4. The molecule has 0 fully saturated rings. The number of nitrogens with zero attached hydrogens (tertiary/aromatic N) is 1. The molecule has 0 spiro atoms. The zero-order valence-electron chi connectivity index (χ0n) is 8.56. The van der Waals surface area contributed by atoms with Crippen molar-refractivity contribution in [3.05, 3.63) is 17.5 Å². The van der Waals surface area contributed by atoms with Gasteiger partial charge in [-0.05, 0) is 6.92 Å². The Bertz CT molecular complexity index is 382. The lowest BCUT2D eigenvalue weighted by Crippen LogP contribution is -2.19. The number of alkyl halides is 4. The SMILES string of the molecule is COc1cc(CCl)nc(C)c1OC(F)(F)F. The Hall–Kier alpha value is -1.17. The zero-order valence-corrected chi connectivity index (χ0v) is 9.32. The number of aromatic nitrogens is 1. The van der Waals surface area contributed by atoms with Crippen LogP contribution in [0, 0.1) is 6.92 Å². The molecule has 0 amide bonds. The standard InChI is InChI=1S/C9H9ClF3NO2/c1-5-8(16-9(11,12)13)7(15-2)3-6(4-10)14-5/h3H,4H2,1-2H3. The molecule has 0 aliphatic carbocycles. The van der Waals surface area contributed by atoms with Gasteiger partial charge in [0.05, 0.1) is 24.4 Å². The van der Waals surface area contributed by atoms with Gasteiger partial charge < -0.3 is 9.47 Å². The molecule has 0 aromatic carbocycles. The molecule has 90 valence electrons. The average molecular weight is 256 g/mol. The van der Waals surface area contributed by atoms with Crippen molar-refractivity contribution in [1.29, 1.82) is 0 Å². The molecular weight excluding hydrogens is 247 g/mol. The molecule has 1 heterocycles. The predicted molar refractivity (Wildman–Crippen MR) is 51.8 cm³/mol. The highest BCUT2D eigenvalue weighted by Crippen LogP contribution is 2.35. The molecule has 16 heavy (non-hydrogen) atoms. The topological polar surface area (TPSA) is 31.4 Å². The number of pyridine rings is 1. The summed E-state index contributed by atoms with van der Waals surface area (Å²) in [6, 6.07) is 1.31. The molecule has 1 aromatic rings. The van der Waals surface area contributed by atoms with E-state index < -0.39 is 12.1 Å².